The van der Waals surface area contributed by atoms with Crippen molar-refractivity contribution in [3.8, 4) is 0 Å². The highest BCUT2D eigenvalue weighted by Gasteiger charge is 2.23. The molecule has 0 saturated carbocycles. The van der Waals surface area contributed by atoms with Crippen LogP contribution in [0.2, 0.25) is 5.02 Å². The van der Waals surface area contributed by atoms with Crippen molar-refractivity contribution in [2.75, 3.05) is 26.2 Å². The van der Waals surface area contributed by atoms with E-state index in [1.165, 1.54) is 12.0 Å². The van der Waals surface area contributed by atoms with Gasteiger partial charge in [-0.25, -0.2) is 0 Å². The molecule has 2 rings (SSSR count). The van der Waals surface area contributed by atoms with Crippen LogP contribution in [0, 0.1) is 12.8 Å². The summed E-state index contributed by atoms with van der Waals surface area (Å²) in [6, 6.07) is 7.05. The molecular weight excluding hydrogens is 256 g/mol. The Hall–Kier alpha value is -0.570. The molecule has 1 saturated heterocycles. The molecule has 0 aliphatic carbocycles. The second kappa shape index (κ2) is 6.74. The minimum Gasteiger partial charge on any atom is -0.314 e. The van der Waals surface area contributed by atoms with E-state index >= 15 is 0 Å². The number of nitrogens with zero attached hydrogens (tertiary/aromatic N) is 1. The Morgan fingerprint density at radius 1 is 1.26 bits per heavy atom. The molecule has 0 radical (unpaired) electrons. The standard InChI is InChI=1S/C16H25ClN2/c1-12(2)10-16(19-8-6-18-7-9-19)14-5-4-13(3)15(17)11-14/h4-5,11-12,16,18H,6-10H2,1-3H3/t16-/m0/s1. The van der Waals surface area contributed by atoms with Crippen molar-refractivity contribution in [1.82, 2.24) is 10.2 Å². The summed E-state index contributed by atoms with van der Waals surface area (Å²) in [5, 5.41) is 4.32. The van der Waals surface area contributed by atoms with Gasteiger partial charge in [-0.15, -0.1) is 0 Å². The number of nitrogens with one attached hydrogen (secondary N) is 1. The van der Waals surface area contributed by atoms with Crippen LogP contribution in [-0.4, -0.2) is 31.1 Å². The summed E-state index contributed by atoms with van der Waals surface area (Å²) in [5.74, 6) is 0.694. The van der Waals surface area contributed by atoms with Crippen LogP contribution in [0.25, 0.3) is 0 Å². The predicted octanol–water partition coefficient (Wildman–Crippen LogP) is 3.64. The number of hydrogen-bond acceptors (Lipinski definition) is 2. The third-order valence-electron chi connectivity index (χ3n) is 3.87. The summed E-state index contributed by atoms with van der Waals surface area (Å²) in [6.07, 6.45) is 1.19. The molecule has 0 spiro atoms. The summed E-state index contributed by atoms with van der Waals surface area (Å²) in [7, 11) is 0. The van der Waals surface area contributed by atoms with Gasteiger partial charge in [-0.1, -0.05) is 37.6 Å². The summed E-state index contributed by atoms with van der Waals surface area (Å²) < 4.78 is 0. The maximum Gasteiger partial charge on any atom is 0.0438 e. The van der Waals surface area contributed by atoms with Gasteiger partial charge < -0.3 is 5.32 Å². The second-order valence-corrected chi connectivity index (χ2v) is 6.35. The topological polar surface area (TPSA) is 15.3 Å². The largest absolute Gasteiger partial charge is 0.314 e. The van der Waals surface area contributed by atoms with E-state index in [9.17, 15) is 0 Å². The van der Waals surface area contributed by atoms with Crippen LogP contribution in [-0.2, 0) is 0 Å². The monoisotopic (exact) mass is 280 g/mol. The van der Waals surface area contributed by atoms with Crippen LogP contribution in [0.5, 0.6) is 0 Å². The number of aryl methyl sites for hydroxylation is 1. The van der Waals surface area contributed by atoms with Crippen molar-refractivity contribution in [3.63, 3.8) is 0 Å². The molecule has 3 heteroatoms. The average Bonchev–Trinajstić information content (AvgIpc) is 2.40. The lowest BCUT2D eigenvalue weighted by molar-refractivity contribution is 0.154. The molecule has 106 valence electrons. The van der Waals surface area contributed by atoms with Crippen molar-refractivity contribution < 1.29 is 0 Å². The fourth-order valence-corrected chi connectivity index (χ4v) is 2.94. The number of halogens is 1. The lowest BCUT2D eigenvalue weighted by Crippen LogP contribution is -2.45. The van der Waals surface area contributed by atoms with Gasteiger partial charge in [-0.3, -0.25) is 4.90 Å². The van der Waals surface area contributed by atoms with E-state index in [1.807, 2.05) is 0 Å². The first-order chi connectivity index (χ1) is 9.08. The van der Waals surface area contributed by atoms with E-state index in [-0.39, 0.29) is 0 Å². The number of piperazine rings is 1. The molecule has 1 heterocycles. The summed E-state index contributed by atoms with van der Waals surface area (Å²) >= 11 is 6.30. The van der Waals surface area contributed by atoms with Crippen LogP contribution in [0.15, 0.2) is 18.2 Å². The first-order valence-corrected chi connectivity index (χ1v) is 7.66. The smallest absolute Gasteiger partial charge is 0.0438 e. The molecule has 0 aromatic heterocycles. The van der Waals surface area contributed by atoms with Crippen LogP contribution < -0.4 is 5.32 Å². The molecule has 1 atom stereocenters. The van der Waals surface area contributed by atoms with Crippen LogP contribution in [0.4, 0.5) is 0 Å². The quantitative estimate of drug-likeness (QED) is 0.906. The van der Waals surface area contributed by atoms with Gasteiger partial charge in [0.15, 0.2) is 0 Å². The van der Waals surface area contributed by atoms with Gasteiger partial charge in [0.1, 0.15) is 0 Å². The Kier molecular flexibility index (Phi) is 5.26. The molecule has 1 aromatic carbocycles. The first-order valence-electron chi connectivity index (χ1n) is 7.28. The molecule has 1 aromatic rings. The zero-order valence-corrected chi connectivity index (χ0v) is 13.0. The molecule has 1 aliphatic heterocycles. The lowest BCUT2D eigenvalue weighted by atomic mass is 9.94. The first kappa shape index (κ1) is 14.8. The zero-order chi connectivity index (χ0) is 13.8. The molecule has 2 nitrogen and oxygen atoms in total. The van der Waals surface area contributed by atoms with Gasteiger partial charge in [-0.05, 0) is 36.5 Å². The zero-order valence-electron chi connectivity index (χ0n) is 12.2. The van der Waals surface area contributed by atoms with E-state index in [2.05, 4.69) is 49.2 Å². The second-order valence-electron chi connectivity index (χ2n) is 5.94. The Morgan fingerprint density at radius 2 is 1.95 bits per heavy atom. The van der Waals surface area contributed by atoms with Crippen molar-refractivity contribution in [1.29, 1.82) is 0 Å². The lowest BCUT2D eigenvalue weighted by Gasteiger charge is -2.36. The fourth-order valence-electron chi connectivity index (χ4n) is 2.75. The predicted molar refractivity (Wildman–Crippen MR) is 82.8 cm³/mol. The number of benzene rings is 1. The Balaban J connectivity index is 2.22. The van der Waals surface area contributed by atoms with Gasteiger partial charge in [0.05, 0.1) is 0 Å². The van der Waals surface area contributed by atoms with Crippen molar-refractivity contribution in [3.05, 3.63) is 34.3 Å². The van der Waals surface area contributed by atoms with E-state index in [1.54, 1.807) is 0 Å². The summed E-state index contributed by atoms with van der Waals surface area (Å²) in [6.45, 7) is 11.1. The van der Waals surface area contributed by atoms with Crippen LogP contribution in [0.3, 0.4) is 0 Å². The fraction of sp³-hybridized carbons (Fsp3) is 0.625. The van der Waals surface area contributed by atoms with Gasteiger partial charge in [0.2, 0.25) is 0 Å². The van der Waals surface area contributed by atoms with Crippen molar-refractivity contribution >= 4 is 11.6 Å². The SMILES string of the molecule is Cc1ccc([C@H](CC(C)C)N2CCNCC2)cc1Cl. The third-order valence-corrected chi connectivity index (χ3v) is 4.27. The molecule has 1 aliphatic rings. The van der Waals surface area contributed by atoms with Crippen LogP contribution in [0.1, 0.15) is 37.4 Å². The molecule has 0 bridgehead atoms. The Bertz CT molecular complexity index is 411. The highest BCUT2D eigenvalue weighted by molar-refractivity contribution is 6.31. The number of hydrogen-bond donors (Lipinski definition) is 1. The van der Waals surface area contributed by atoms with Gasteiger partial charge >= 0.3 is 0 Å². The van der Waals surface area contributed by atoms with Crippen molar-refractivity contribution in [2.45, 2.75) is 33.2 Å². The highest BCUT2D eigenvalue weighted by atomic mass is 35.5. The van der Waals surface area contributed by atoms with E-state index in [0.717, 1.165) is 36.8 Å². The Morgan fingerprint density at radius 3 is 2.53 bits per heavy atom. The van der Waals surface area contributed by atoms with E-state index < -0.39 is 0 Å². The van der Waals surface area contributed by atoms with Gasteiger partial charge in [0, 0.05) is 37.2 Å². The van der Waals surface area contributed by atoms with Gasteiger partial charge in [0.25, 0.3) is 0 Å². The molecule has 19 heavy (non-hydrogen) atoms. The molecule has 0 unspecified atom stereocenters. The van der Waals surface area contributed by atoms with Gasteiger partial charge in [-0.2, -0.15) is 0 Å². The summed E-state index contributed by atoms with van der Waals surface area (Å²) in [4.78, 5) is 2.59. The van der Waals surface area contributed by atoms with E-state index in [0.29, 0.717) is 12.0 Å². The molecule has 1 fully saturated rings. The van der Waals surface area contributed by atoms with E-state index in [4.69, 9.17) is 11.6 Å². The average molecular weight is 281 g/mol. The summed E-state index contributed by atoms with van der Waals surface area (Å²) in [5.41, 5.74) is 2.53. The van der Waals surface area contributed by atoms with Crippen LogP contribution >= 0.6 is 11.6 Å². The maximum atomic E-state index is 6.30. The molecular formula is C16H25ClN2. The number of rotatable bonds is 4. The molecule has 0 amide bonds. The van der Waals surface area contributed by atoms with Crippen molar-refractivity contribution in [2.24, 2.45) is 5.92 Å². The highest BCUT2D eigenvalue weighted by Crippen LogP contribution is 2.30. The normalized spacial score (nSPS) is 18.8. The minimum absolute atomic E-state index is 0.500. The minimum atomic E-state index is 0.500. The molecule has 1 N–H and O–H groups in total. The third kappa shape index (κ3) is 3.95. The maximum absolute atomic E-state index is 6.30. The Labute approximate surface area is 122 Å².